The van der Waals surface area contributed by atoms with Crippen molar-refractivity contribution in [2.45, 2.75) is 39.0 Å². The van der Waals surface area contributed by atoms with Gasteiger partial charge in [0.25, 0.3) is 5.91 Å². The molecule has 0 saturated heterocycles. The van der Waals surface area contributed by atoms with Crippen LogP contribution in [0.1, 0.15) is 49.6 Å². The Hall–Kier alpha value is -1.78. The fourth-order valence-electron chi connectivity index (χ4n) is 1.93. The van der Waals surface area contributed by atoms with Gasteiger partial charge in [0.1, 0.15) is 0 Å². The number of nitrogens with zero attached hydrogens (tertiary/aromatic N) is 1. The highest BCUT2D eigenvalue weighted by Crippen LogP contribution is 2.09. The van der Waals surface area contributed by atoms with E-state index in [9.17, 15) is 9.59 Å². The molecule has 1 rings (SSSR count). The molecule has 1 heterocycles. The fraction of sp³-hybridized carbons (Fsp3) is 0.600. The second-order valence-corrected chi connectivity index (χ2v) is 4.66. The number of unbranched alkanes of at least 4 members (excludes halogenated alkanes) is 3. The summed E-state index contributed by atoms with van der Waals surface area (Å²) < 4.78 is 9.74. The highest BCUT2D eigenvalue weighted by molar-refractivity contribution is 5.91. The minimum absolute atomic E-state index is 0.171. The van der Waals surface area contributed by atoms with Gasteiger partial charge in [-0.2, -0.15) is 0 Å². The van der Waals surface area contributed by atoms with Crippen LogP contribution < -0.4 is 0 Å². The monoisotopic (exact) mass is 281 g/mol. The number of amides is 1. The first kappa shape index (κ1) is 16.3. The first-order valence-electron chi connectivity index (χ1n) is 7.08. The van der Waals surface area contributed by atoms with E-state index in [4.69, 9.17) is 4.42 Å². The van der Waals surface area contributed by atoms with E-state index in [1.54, 1.807) is 17.0 Å². The second-order valence-electron chi connectivity index (χ2n) is 4.66. The number of methoxy groups -OCH3 is 1. The zero-order valence-corrected chi connectivity index (χ0v) is 12.3. The molecule has 0 fully saturated rings. The van der Waals surface area contributed by atoms with E-state index in [2.05, 4.69) is 11.7 Å². The van der Waals surface area contributed by atoms with Crippen molar-refractivity contribution in [1.82, 2.24) is 4.90 Å². The summed E-state index contributed by atoms with van der Waals surface area (Å²) in [4.78, 5) is 25.1. The van der Waals surface area contributed by atoms with Gasteiger partial charge in [0.05, 0.1) is 19.8 Å². The van der Waals surface area contributed by atoms with Gasteiger partial charge >= 0.3 is 5.97 Å². The summed E-state index contributed by atoms with van der Waals surface area (Å²) in [5.74, 6) is -0.170. The van der Waals surface area contributed by atoms with Crippen LogP contribution in [0, 0.1) is 0 Å². The molecule has 20 heavy (non-hydrogen) atoms. The van der Waals surface area contributed by atoms with E-state index >= 15 is 0 Å². The van der Waals surface area contributed by atoms with Gasteiger partial charge in [-0.25, -0.2) is 0 Å². The van der Waals surface area contributed by atoms with Crippen molar-refractivity contribution < 1.29 is 18.7 Å². The number of carbonyl (C=O) groups is 2. The Morgan fingerprint density at radius 1 is 1.25 bits per heavy atom. The molecule has 0 aliphatic rings. The molecule has 0 aliphatic heterocycles. The zero-order chi connectivity index (χ0) is 14.8. The molecule has 0 bridgehead atoms. The summed E-state index contributed by atoms with van der Waals surface area (Å²) in [5.41, 5.74) is 0. The summed E-state index contributed by atoms with van der Waals surface area (Å²) in [5, 5.41) is 0. The molecule has 5 nitrogen and oxygen atoms in total. The molecule has 0 aliphatic carbocycles. The average Bonchev–Trinajstić information content (AvgIpc) is 2.99. The summed E-state index contributed by atoms with van der Waals surface area (Å²) >= 11 is 0. The second kappa shape index (κ2) is 9.18. The first-order valence-corrected chi connectivity index (χ1v) is 7.08. The summed E-state index contributed by atoms with van der Waals surface area (Å²) in [6, 6.07) is 3.32. The lowest BCUT2D eigenvalue weighted by molar-refractivity contribution is -0.140. The Morgan fingerprint density at radius 3 is 2.65 bits per heavy atom. The van der Waals surface area contributed by atoms with Crippen LogP contribution in [-0.4, -0.2) is 37.0 Å². The van der Waals surface area contributed by atoms with Gasteiger partial charge in [-0.3, -0.25) is 9.59 Å². The van der Waals surface area contributed by atoms with Crippen molar-refractivity contribution in [2.24, 2.45) is 0 Å². The van der Waals surface area contributed by atoms with Crippen LogP contribution in [0.5, 0.6) is 0 Å². The van der Waals surface area contributed by atoms with Crippen molar-refractivity contribution in [2.75, 3.05) is 20.2 Å². The zero-order valence-electron chi connectivity index (χ0n) is 12.3. The van der Waals surface area contributed by atoms with E-state index in [-0.39, 0.29) is 18.3 Å². The Kier molecular flexibility index (Phi) is 7.47. The van der Waals surface area contributed by atoms with Crippen LogP contribution >= 0.6 is 0 Å². The van der Waals surface area contributed by atoms with Gasteiger partial charge < -0.3 is 14.1 Å². The van der Waals surface area contributed by atoms with Gasteiger partial charge in [0, 0.05) is 13.1 Å². The third kappa shape index (κ3) is 5.47. The molecular formula is C15H23NO4. The van der Waals surface area contributed by atoms with Crippen LogP contribution in [0.25, 0.3) is 0 Å². The molecule has 1 amide bonds. The Labute approximate surface area is 119 Å². The lowest BCUT2D eigenvalue weighted by Crippen LogP contribution is -2.34. The molecule has 0 spiro atoms. The van der Waals surface area contributed by atoms with E-state index in [1.165, 1.54) is 13.4 Å². The topological polar surface area (TPSA) is 59.8 Å². The number of hydrogen-bond acceptors (Lipinski definition) is 4. The first-order chi connectivity index (χ1) is 9.69. The average molecular weight is 281 g/mol. The highest BCUT2D eigenvalue weighted by atomic mass is 16.5. The number of hydrogen-bond donors (Lipinski definition) is 0. The fourth-order valence-corrected chi connectivity index (χ4v) is 1.93. The molecule has 1 aromatic heterocycles. The van der Waals surface area contributed by atoms with Gasteiger partial charge in [-0.1, -0.05) is 26.2 Å². The van der Waals surface area contributed by atoms with Crippen molar-refractivity contribution in [3.8, 4) is 0 Å². The van der Waals surface area contributed by atoms with E-state index < -0.39 is 0 Å². The smallest absolute Gasteiger partial charge is 0.307 e. The van der Waals surface area contributed by atoms with Crippen LogP contribution in [0.4, 0.5) is 0 Å². The molecule has 0 radical (unpaired) electrons. The number of rotatable bonds is 9. The summed E-state index contributed by atoms with van der Waals surface area (Å²) in [6.07, 6.45) is 5.99. The van der Waals surface area contributed by atoms with E-state index in [0.717, 1.165) is 25.7 Å². The van der Waals surface area contributed by atoms with E-state index in [1.807, 2.05) is 0 Å². The summed E-state index contributed by atoms with van der Waals surface area (Å²) in [6.45, 7) is 3.14. The lowest BCUT2D eigenvalue weighted by Gasteiger charge is -2.21. The quantitative estimate of drug-likeness (QED) is 0.516. The molecule has 0 unspecified atom stereocenters. The third-order valence-corrected chi connectivity index (χ3v) is 3.11. The Morgan fingerprint density at radius 2 is 2.05 bits per heavy atom. The predicted octanol–water partition coefficient (Wildman–Crippen LogP) is 2.87. The minimum Gasteiger partial charge on any atom is -0.469 e. The maximum absolute atomic E-state index is 12.3. The van der Waals surface area contributed by atoms with E-state index in [0.29, 0.717) is 18.8 Å². The molecule has 0 saturated carbocycles. The van der Waals surface area contributed by atoms with Gasteiger partial charge in [0.15, 0.2) is 5.76 Å². The van der Waals surface area contributed by atoms with Crippen LogP contribution in [0.2, 0.25) is 0 Å². The molecular weight excluding hydrogens is 258 g/mol. The minimum atomic E-state index is -0.309. The highest BCUT2D eigenvalue weighted by Gasteiger charge is 2.18. The van der Waals surface area contributed by atoms with Crippen LogP contribution in [0.3, 0.4) is 0 Å². The maximum Gasteiger partial charge on any atom is 0.307 e. The molecule has 5 heteroatoms. The van der Waals surface area contributed by atoms with Crippen LogP contribution in [0.15, 0.2) is 22.8 Å². The van der Waals surface area contributed by atoms with Crippen molar-refractivity contribution in [3.05, 3.63) is 24.2 Å². The lowest BCUT2D eigenvalue weighted by atomic mass is 10.2. The molecule has 1 aromatic rings. The number of esters is 1. The maximum atomic E-state index is 12.3. The van der Waals surface area contributed by atoms with Gasteiger partial charge in [0.2, 0.25) is 0 Å². The van der Waals surface area contributed by atoms with Crippen molar-refractivity contribution >= 4 is 11.9 Å². The Balaban J connectivity index is 2.53. The SMILES string of the molecule is CCCCCCN(CCC(=O)OC)C(=O)c1ccco1. The molecule has 0 atom stereocenters. The van der Waals surface area contributed by atoms with Crippen LogP contribution in [-0.2, 0) is 9.53 Å². The van der Waals surface area contributed by atoms with Crippen molar-refractivity contribution in [3.63, 3.8) is 0 Å². The predicted molar refractivity (Wildman–Crippen MR) is 75.4 cm³/mol. The normalized spacial score (nSPS) is 10.3. The molecule has 112 valence electrons. The summed E-state index contributed by atoms with van der Waals surface area (Å²) in [7, 11) is 1.35. The number of carbonyl (C=O) groups excluding carboxylic acids is 2. The molecule has 0 aromatic carbocycles. The Bertz CT molecular complexity index is 400. The molecule has 0 N–H and O–H groups in total. The van der Waals surface area contributed by atoms with Gasteiger partial charge in [-0.15, -0.1) is 0 Å². The standard InChI is InChI=1S/C15H23NO4/c1-3-4-5-6-10-16(11-9-14(17)19-2)15(18)13-8-7-12-20-13/h7-8,12H,3-6,9-11H2,1-2H3. The number of furan rings is 1. The van der Waals surface area contributed by atoms with Crippen molar-refractivity contribution in [1.29, 1.82) is 0 Å². The number of ether oxygens (including phenoxy) is 1. The third-order valence-electron chi connectivity index (χ3n) is 3.11. The van der Waals surface area contributed by atoms with Gasteiger partial charge in [-0.05, 0) is 18.6 Å². The largest absolute Gasteiger partial charge is 0.469 e.